The maximum absolute atomic E-state index is 12.7. The van der Waals surface area contributed by atoms with Gasteiger partial charge in [0.15, 0.2) is 11.5 Å². The third-order valence-corrected chi connectivity index (χ3v) is 7.08. The number of amides is 1. The number of hydrogen-bond acceptors (Lipinski definition) is 9. The second-order valence-corrected chi connectivity index (χ2v) is 9.31. The van der Waals surface area contributed by atoms with E-state index in [2.05, 4.69) is 32.6 Å². The monoisotopic (exact) mass is 458 g/mol. The fourth-order valence-corrected chi connectivity index (χ4v) is 5.09. The molecule has 0 N–H and O–H groups in total. The number of nitrogens with zero attached hydrogens (tertiary/aromatic N) is 6. The molecule has 3 aromatic rings. The molecule has 0 unspecified atom stereocenters. The summed E-state index contributed by atoms with van der Waals surface area (Å²) < 4.78 is 12.6. The first-order valence-corrected chi connectivity index (χ1v) is 11.9. The molecule has 0 saturated carbocycles. The summed E-state index contributed by atoms with van der Waals surface area (Å²) in [5.74, 6) is 2.08. The van der Waals surface area contributed by atoms with Crippen LogP contribution in [0.5, 0.6) is 11.5 Å². The third-order valence-electron chi connectivity index (χ3n) is 5.28. The summed E-state index contributed by atoms with van der Waals surface area (Å²) in [4.78, 5) is 18.2. The number of aromatic nitrogens is 4. The summed E-state index contributed by atoms with van der Waals surface area (Å²) in [5.41, 5.74) is 1.19. The molecule has 162 valence electrons. The molecule has 1 aromatic carbocycles. The summed E-state index contributed by atoms with van der Waals surface area (Å²) >= 11 is 3.06. The molecular formula is C20H22N6O3S2. The van der Waals surface area contributed by atoms with Crippen molar-refractivity contribution in [2.45, 2.75) is 18.2 Å². The molecule has 1 amide bonds. The Balaban J connectivity index is 1.09. The lowest BCUT2D eigenvalue weighted by atomic mass is 10.1. The van der Waals surface area contributed by atoms with Crippen molar-refractivity contribution < 1.29 is 14.3 Å². The first-order chi connectivity index (χ1) is 15.2. The summed E-state index contributed by atoms with van der Waals surface area (Å²) in [5, 5.41) is 14.6. The van der Waals surface area contributed by atoms with E-state index in [9.17, 15) is 4.79 Å². The largest absolute Gasteiger partial charge is 0.454 e. The number of thioether (sulfide) groups is 1. The highest BCUT2D eigenvalue weighted by Gasteiger charge is 2.23. The van der Waals surface area contributed by atoms with Gasteiger partial charge in [-0.15, -0.1) is 16.4 Å². The van der Waals surface area contributed by atoms with E-state index in [-0.39, 0.29) is 12.7 Å². The second kappa shape index (κ2) is 9.25. The van der Waals surface area contributed by atoms with Crippen molar-refractivity contribution in [2.75, 3.05) is 38.7 Å². The van der Waals surface area contributed by atoms with Crippen molar-refractivity contribution in [1.82, 2.24) is 30.0 Å². The number of tetrazole rings is 1. The van der Waals surface area contributed by atoms with Gasteiger partial charge in [0.2, 0.25) is 17.9 Å². The molecule has 2 aromatic heterocycles. The van der Waals surface area contributed by atoms with Crippen LogP contribution in [-0.4, -0.2) is 74.6 Å². The van der Waals surface area contributed by atoms with Crippen LogP contribution in [0, 0.1) is 0 Å². The average Bonchev–Trinajstić information content (AvgIpc) is 3.55. The van der Waals surface area contributed by atoms with Crippen LogP contribution in [0.1, 0.15) is 10.4 Å². The third kappa shape index (κ3) is 4.83. The predicted molar refractivity (Wildman–Crippen MR) is 116 cm³/mol. The summed E-state index contributed by atoms with van der Waals surface area (Å²) in [7, 11) is 0. The maximum atomic E-state index is 12.7. The van der Waals surface area contributed by atoms with Crippen LogP contribution in [0.25, 0.3) is 0 Å². The molecule has 0 radical (unpaired) electrons. The van der Waals surface area contributed by atoms with Gasteiger partial charge in [-0.1, -0.05) is 23.9 Å². The van der Waals surface area contributed by atoms with Crippen LogP contribution < -0.4 is 9.47 Å². The molecule has 2 aliphatic rings. The number of hydrogen-bond donors (Lipinski definition) is 0. The number of fused-ring (bicyclic) bond motifs is 1. The van der Waals surface area contributed by atoms with E-state index in [1.807, 2.05) is 28.5 Å². The molecule has 31 heavy (non-hydrogen) atoms. The van der Waals surface area contributed by atoms with Crippen molar-refractivity contribution >= 4 is 29.0 Å². The molecule has 5 rings (SSSR count). The minimum Gasteiger partial charge on any atom is -0.454 e. The highest BCUT2D eigenvalue weighted by molar-refractivity contribution is 7.99. The second-order valence-electron chi connectivity index (χ2n) is 7.33. The van der Waals surface area contributed by atoms with Gasteiger partial charge in [-0.2, -0.15) is 0 Å². The number of benzene rings is 1. The summed E-state index contributed by atoms with van der Waals surface area (Å²) in [6.07, 6.45) is 0. The molecule has 0 aliphatic carbocycles. The van der Waals surface area contributed by atoms with Crippen LogP contribution in [0.4, 0.5) is 0 Å². The normalized spacial score (nSPS) is 16.1. The molecule has 11 heteroatoms. The molecule has 1 saturated heterocycles. The zero-order chi connectivity index (χ0) is 21.0. The summed E-state index contributed by atoms with van der Waals surface area (Å²) in [6, 6.07) is 10.1. The van der Waals surface area contributed by atoms with Crippen molar-refractivity contribution in [3.05, 3.63) is 46.2 Å². The molecule has 0 bridgehead atoms. The number of rotatable bonds is 7. The van der Waals surface area contributed by atoms with E-state index < -0.39 is 0 Å². The standard InChI is InChI=1S/C20H22N6O3S2/c27-19(13-31-20-21-22-23-26(20)12-16-2-1-9-30-16)25-7-5-24(6-8-25)11-15-3-4-17-18(10-15)29-14-28-17/h1-4,9-10H,5-8,11-14H2. The number of carbonyl (C=O) groups is 1. The van der Waals surface area contributed by atoms with Crippen LogP contribution >= 0.6 is 23.1 Å². The molecule has 0 atom stereocenters. The molecule has 4 heterocycles. The van der Waals surface area contributed by atoms with E-state index >= 15 is 0 Å². The van der Waals surface area contributed by atoms with Crippen molar-refractivity contribution in [3.63, 3.8) is 0 Å². The van der Waals surface area contributed by atoms with Gasteiger partial charge in [0, 0.05) is 37.6 Å². The summed E-state index contributed by atoms with van der Waals surface area (Å²) in [6.45, 7) is 4.90. The SMILES string of the molecule is O=C(CSc1nnnn1Cc1cccs1)N1CCN(Cc2ccc3c(c2)OCO3)CC1. The first kappa shape index (κ1) is 20.3. The van der Waals surface area contributed by atoms with Crippen molar-refractivity contribution in [2.24, 2.45) is 0 Å². The number of ether oxygens (including phenoxy) is 2. The highest BCUT2D eigenvalue weighted by atomic mass is 32.2. The van der Waals surface area contributed by atoms with Gasteiger partial charge in [-0.05, 0) is 39.6 Å². The lowest BCUT2D eigenvalue weighted by Crippen LogP contribution is -2.48. The zero-order valence-electron chi connectivity index (χ0n) is 16.8. The molecule has 2 aliphatic heterocycles. The number of carbonyl (C=O) groups excluding carboxylic acids is 1. The Morgan fingerprint density at radius 2 is 1.97 bits per heavy atom. The van der Waals surface area contributed by atoms with Gasteiger partial charge in [0.25, 0.3) is 0 Å². The number of thiophene rings is 1. The van der Waals surface area contributed by atoms with Gasteiger partial charge in [0.1, 0.15) is 0 Å². The zero-order valence-corrected chi connectivity index (χ0v) is 18.5. The van der Waals surface area contributed by atoms with E-state index in [4.69, 9.17) is 9.47 Å². The predicted octanol–water partition coefficient (Wildman–Crippen LogP) is 1.95. The van der Waals surface area contributed by atoms with Gasteiger partial charge in [-0.25, -0.2) is 4.68 Å². The van der Waals surface area contributed by atoms with E-state index in [0.717, 1.165) is 44.2 Å². The Labute approximate surface area is 187 Å². The highest BCUT2D eigenvalue weighted by Crippen LogP contribution is 2.32. The van der Waals surface area contributed by atoms with Crippen molar-refractivity contribution in [1.29, 1.82) is 0 Å². The minimum atomic E-state index is 0.124. The molecular weight excluding hydrogens is 436 g/mol. The molecule has 1 fully saturated rings. The molecule has 9 nitrogen and oxygen atoms in total. The van der Waals surface area contributed by atoms with Gasteiger partial charge in [0.05, 0.1) is 12.3 Å². The Hall–Kier alpha value is -2.63. The first-order valence-electron chi connectivity index (χ1n) is 10.0. The Bertz CT molecular complexity index is 1030. The smallest absolute Gasteiger partial charge is 0.233 e. The van der Waals surface area contributed by atoms with E-state index in [0.29, 0.717) is 17.5 Å². The van der Waals surface area contributed by atoms with Crippen LogP contribution in [0.15, 0.2) is 40.9 Å². The quantitative estimate of drug-likeness (QED) is 0.497. The molecule has 0 spiro atoms. The van der Waals surface area contributed by atoms with Gasteiger partial charge < -0.3 is 14.4 Å². The fraction of sp³-hybridized carbons (Fsp3) is 0.400. The van der Waals surface area contributed by atoms with E-state index in [1.165, 1.54) is 22.2 Å². The fourth-order valence-electron chi connectivity index (χ4n) is 3.62. The Morgan fingerprint density at radius 1 is 1.10 bits per heavy atom. The van der Waals surface area contributed by atoms with E-state index in [1.54, 1.807) is 16.0 Å². The minimum absolute atomic E-state index is 0.124. The van der Waals surface area contributed by atoms with Crippen LogP contribution in [0.2, 0.25) is 0 Å². The van der Waals surface area contributed by atoms with Crippen molar-refractivity contribution in [3.8, 4) is 11.5 Å². The average molecular weight is 459 g/mol. The van der Waals surface area contributed by atoms with Gasteiger partial charge >= 0.3 is 0 Å². The Morgan fingerprint density at radius 3 is 2.81 bits per heavy atom. The Kier molecular flexibility index (Phi) is 6.05. The lowest BCUT2D eigenvalue weighted by Gasteiger charge is -2.34. The lowest BCUT2D eigenvalue weighted by molar-refractivity contribution is -0.130. The van der Waals surface area contributed by atoms with Gasteiger partial charge in [-0.3, -0.25) is 9.69 Å². The van der Waals surface area contributed by atoms with Crippen LogP contribution in [-0.2, 0) is 17.9 Å². The maximum Gasteiger partial charge on any atom is 0.233 e. The number of piperazine rings is 1. The topological polar surface area (TPSA) is 85.6 Å². The van der Waals surface area contributed by atoms with Crippen LogP contribution in [0.3, 0.4) is 0 Å².